The molecule has 22 heavy (non-hydrogen) atoms. The Hall–Kier alpha value is -1.81. The Labute approximate surface area is 133 Å². The Morgan fingerprint density at radius 3 is 2.32 bits per heavy atom. The molecule has 0 bridgehead atoms. The second-order valence-electron chi connectivity index (χ2n) is 4.46. The Morgan fingerprint density at radius 2 is 1.82 bits per heavy atom. The van der Waals surface area contributed by atoms with Gasteiger partial charge in [-0.25, -0.2) is 0 Å². The van der Waals surface area contributed by atoms with Crippen molar-refractivity contribution in [2.24, 2.45) is 5.73 Å². The lowest BCUT2D eigenvalue weighted by Gasteiger charge is -2.16. The van der Waals surface area contributed by atoms with Crippen LogP contribution < -0.4 is 21.7 Å². The van der Waals surface area contributed by atoms with E-state index in [0.29, 0.717) is 6.54 Å². The maximum absolute atomic E-state index is 11.8. The minimum absolute atomic E-state index is 0.0396. The van der Waals surface area contributed by atoms with Crippen LogP contribution in [-0.4, -0.2) is 59.7 Å². The van der Waals surface area contributed by atoms with E-state index in [1.54, 1.807) is 6.92 Å². The first-order valence-corrected chi connectivity index (χ1v) is 7.38. The number of nitrogens with two attached hydrogens (primary N) is 1. The molecule has 2 unspecified atom stereocenters. The minimum atomic E-state index is -1.20. The van der Waals surface area contributed by atoms with Gasteiger partial charge in [0.1, 0.15) is 12.1 Å². The zero-order valence-electron chi connectivity index (χ0n) is 12.3. The number of carbonyl (C=O) groups excluding carboxylic acids is 3. The standard InChI is InChI=1S/C12H22N4O5S/c1-2-14-10(18)5-15-11(19)8(6-22)16-9(17)4-3-7(13)12(20)21/h7-8,22H,2-6,13H2,1H3,(H,14,18)(H,15,19)(H,16,17)(H,20,21). The lowest BCUT2D eigenvalue weighted by molar-refractivity contribution is -0.138. The van der Waals surface area contributed by atoms with E-state index in [2.05, 4.69) is 28.6 Å². The molecular weight excluding hydrogens is 312 g/mol. The number of carbonyl (C=O) groups is 4. The highest BCUT2D eigenvalue weighted by atomic mass is 32.1. The molecule has 0 aliphatic heterocycles. The van der Waals surface area contributed by atoms with Gasteiger partial charge in [0.2, 0.25) is 17.7 Å². The number of likely N-dealkylation sites (N-methyl/N-ethyl adjacent to an activating group) is 1. The lowest BCUT2D eigenvalue weighted by Crippen LogP contribution is -2.50. The topological polar surface area (TPSA) is 151 Å². The predicted octanol–water partition coefficient (Wildman–Crippen LogP) is -2.15. The third-order valence-electron chi connectivity index (χ3n) is 2.63. The fraction of sp³-hybridized carbons (Fsp3) is 0.667. The van der Waals surface area contributed by atoms with Crippen LogP contribution in [0, 0.1) is 0 Å². The summed E-state index contributed by atoms with van der Waals surface area (Å²) in [5.74, 6) is -2.55. The molecular formula is C12H22N4O5S. The van der Waals surface area contributed by atoms with Gasteiger partial charge >= 0.3 is 5.97 Å². The van der Waals surface area contributed by atoms with Gasteiger partial charge in [-0.2, -0.15) is 12.6 Å². The maximum Gasteiger partial charge on any atom is 0.320 e. The highest BCUT2D eigenvalue weighted by molar-refractivity contribution is 7.80. The molecule has 0 aliphatic carbocycles. The summed E-state index contributed by atoms with van der Waals surface area (Å²) in [6, 6.07) is -2.04. The quantitative estimate of drug-likeness (QED) is 0.251. The molecule has 0 aromatic rings. The molecule has 10 heteroatoms. The van der Waals surface area contributed by atoms with E-state index in [1.165, 1.54) is 0 Å². The molecule has 0 aliphatic rings. The molecule has 0 fully saturated rings. The molecule has 3 amide bonds. The van der Waals surface area contributed by atoms with Crippen LogP contribution in [0.25, 0.3) is 0 Å². The van der Waals surface area contributed by atoms with Crippen LogP contribution in [0.3, 0.4) is 0 Å². The zero-order valence-corrected chi connectivity index (χ0v) is 13.2. The van der Waals surface area contributed by atoms with Gasteiger partial charge in [0, 0.05) is 18.7 Å². The van der Waals surface area contributed by atoms with E-state index in [9.17, 15) is 19.2 Å². The summed E-state index contributed by atoms with van der Waals surface area (Å²) in [4.78, 5) is 45.2. The number of hydrogen-bond acceptors (Lipinski definition) is 6. The van der Waals surface area contributed by atoms with E-state index >= 15 is 0 Å². The van der Waals surface area contributed by atoms with Crippen molar-refractivity contribution in [1.82, 2.24) is 16.0 Å². The molecule has 0 saturated carbocycles. The molecule has 9 nitrogen and oxygen atoms in total. The predicted molar refractivity (Wildman–Crippen MR) is 82.3 cm³/mol. The number of carboxylic acid groups (broad SMARTS) is 1. The van der Waals surface area contributed by atoms with Gasteiger partial charge in [-0.15, -0.1) is 0 Å². The number of thiol groups is 1. The number of aliphatic carboxylic acids is 1. The van der Waals surface area contributed by atoms with Crippen LogP contribution in [-0.2, 0) is 19.2 Å². The third kappa shape index (κ3) is 8.47. The van der Waals surface area contributed by atoms with Crippen molar-refractivity contribution in [1.29, 1.82) is 0 Å². The fourth-order valence-corrected chi connectivity index (χ4v) is 1.68. The van der Waals surface area contributed by atoms with Crippen molar-refractivity contribution in [3.8, 4) is 0 Å². The van der Waals surface area contributed by atoms with Crippen LogP contribution in [0.1, 0.15) is 19.8 Å². The summed E-state index contributed by atoms with van der Waals surface area (Å²) in [5.41, 5.74) is 5.28. The Kier molecular flexibility index (Phi) is 9.96. The first-order valence-electron chi connectivity index (χ1n) is 6.74. The van der Waals surface area contributed by atoms with Gasteiger partial charge in [0.15, 0.2) is 0 Å². The number of nitrogens with one attached hydrogen (secondary N) is 3. The third-order valence-corrected chi connectivity index (χ3v) is 3.00. The van der Waals surface area contributed by atoms with Crippen LogP contribution in [0.15, 0.2) is 0 Å². The summed E-state index contributed by atoms with van der Waals surface area (Å²) in [6.07, 6.45) is -0.164. The second kappa shape index (κ2) is 10.9. The van der Waals surface area contributed by atoms with Crippen molar-refractivity contribution >= 4 is 36.3 Å². The number of amides is 3. The van der Waals surface area contributed by atoms with Gasteiger partial charge in [-0.05, 0) is 13.3 Å². The number of carboxylic acids is 1. The molecule has 2 atom stereocenters. The SMILES string of the molecule is CCNC(=O)CNC(=O)C(CS)NC(=O)CCC(N)C(=O)O. The van der Waals surface area contributed by atoms with Gasteiger partial charge < -0.3 is 26.8 Å². The average Bonchev–Trinajstić information content (AvgIpc) is 2.47. The summed E-state index contributed by atoms with van der Waals surface area (Å²) in [6.45, 7) is 2.00. The van der Waals surface area contributed by atoms with E-state index in [4.69, 9.17) is 10.8 Å². The van der Waals surface area contributed by atoms with Crippen LogP contribution >= 0.6 is 12.6 Å². The highest BCUT2D eigenvalue weighted by Crippen LogP contribution is 1.97. The van der Waals surface area contributed by atoms with Crippen molar-refractivity contribution < 1.29 is 24.3 Å². The smallest absolute Gasteiger partial charge is 0.320 e. The monoisotopic (exact) mass is 334 g/mol. The fourth-order valence-electron chi connectivity index (χ4n) is 1.42. The molecule has 0 spiro atoms. The Bertz CT molecular complexity index is 418. The van der Waals surface area contributed by atoms with E-state index < -0.39 is 29.9 Å². The maximum atomic E-state index is 11.8. The average molecular weight is 334 g/mol. The molecule has 6 N–H and O–H groups in total. The normalized spacial score (nSPS) is 12.9. The van der Waals surface area contributed by atoms with Gasteiger partial charge in [-0.1, -0.05) is 0 Å². The highest BCUT2D eigenvalue weighted by Gasteiger charge is 2.20. The van der Waals surface area contributed by atoms with Crippen molar-refractivity contribution in [3.63, 3.8) is 0 Å². The van der Waals surface area contributed by atoms with Crippen molar-refractivity contribution in [2.45, 2.75) is 31.8 Å². The zero-order chi connectivity index (χ0) is 17.1. The minimum Gasteiger partial charge on any atom is -0.480 e. The van der Waals surface area contributed by atoms with E-state index in [-0.39, 0.29) is 31.0 Å². The second-order valence-corrected chi connectivity index (χ2v) is 4.82. The molecule has 0 heterocycles. The van der Waals surface area contributed by atoms with Crippen molar-refractivity contribution in [3.05, 3.63) is 0 Å². The van der Waals surface area contributed by atoms with Crippen LogP contribution in [0.4, 0.5) is 0 Å². The first-order chi connectivity index (χ1) is 10.3. The van der Waals surface area contributed by atoms with Crippen molar-refractivity contribution in [2.75, 3.05) is 18.8 Å². The molecule has 0 aromatic carbocycles. The summed E-state index contributed by atoms with van der Waals surface area (Å²) in [7, 11) is 0. The number of hydrogen-bond donors (Lipinski definition) is 6. The van der Waals surface area contributed by atoms with E-state index in [1.807, 2.05) is 0 Å². The largest absolute Gasteiger partial charge is 0.480 e. The first kappa shape index (κ1) is 20.2. The Morgan fingerprint density at radius 1 is 1.18 bits per heavy atom. The van der Waals surface area contributed by atoms with E-state index in [0.717, 1.165) is 0 Å². The van der Waals surface area contributed by atoms with Crippen LogP contribution in [0.5, 0.6) is 0 Å². The lowest BCUT2D eigenvalue weighted by atomic mass is 10.1. The van der Waals surface area contributed by atoms with Gasteiger partial charge in [0.25, 0.3) is 0 Å². The molecule has 0 rings (SSSR count). The van der Waals surface area contributed by atoms with Gasteiger partial charge in [0.05, 0.1) is 6.54 Å². The molecule has 0 radical (unpaired) electrons. The summed E-state index contributed by atoms with van der Waals surface area (Å²) in [5, 5.41) is 15.9. The molecule has 126 valence electrons. The molecule has 0 saturated heterocycles. The van der Waals surface area contributed by atoms with Gasteiger partial charge in [-0.3, -0.25) is 19.2 Å². The number of rotatable bonds is 10. The van der Waals surface area contributed by atoms with Crippen LogP contribution in [0.2, 0.25) is 0 Å². The Balaban J connectivity index is 4.23. The summed E-state index contributed by atoms with van der Waals surface area (Å²) < 4.78 is 0. The molecule has 0 aromatic heterocycles. The summed E-state index contributed by atoms with van der Waals surface area (Å²) >= 11 is 3.96.